The Morgan fingerprint density at radius 3 is 2.96 bits per heavy atom. The van der Waals surface area contributed by atoms with Crippen LogP contribution in [-0.2, 0) is 11.3 Å². The van der Waals surface area contributed by atoms with Gasteiger partial charge in [0.1, 0.15) is 25.0 Å². The van der Waals surface area contributed by atoms with Crippen molar-refractivity contribution >= 4 is 10.8 Å². The van der Waals surface area contributed by atoms with Crippen LogP contribution >= 0.6 is 0 Å². The molecule has 0 N–H and O–H groups in total. The summed E-state index contributed by atoms with van der Waals surface area (Å²) in [5, 5.41) is 6.59. The Bertz CT molecular complexity index is 806. The fourth-order valence-corrected chi connectivity index (χ4v) is 3.18. The highest BCUT2D eigenvalue weighted by Gasteiger charge is 2.20. The van der Waals surface area contributed by atoms with Gasteiger partial charge in [-0.15, -0.1) is 0 Å². The molecule has 0 radical (unpaired) electrons. The van der Waals surface area contributed by atoms with E-state index >= 15 is 0 Å². The minimum atomic E-state index is 0.149. The molecule has 1 aliphatic heterocycles. The second-order valence-electron chi connectivity index (χ2n) is 6.27. The molecule has 4 rings (SSSR count). The van der Waals surface area contributed by atoms with E-state index in [0.717, 1.165) is 38.5 Å². The summed E-state index contributed by atoms with van der Waals surface area (Å²) in [6, 6.07) is 14.6. The van der Waals surface area contributed by atoms with Crippen LogP contribution in [0.3, 0.4) is 0 Å². The van der Waals surface area contributed by atoms with Crippen molar-refractivity contribution in [1.82, 2.24) is 19.7 Å². The maximum absolute atomic E-state index is 5.95. The molecule has 1 unspecified atom stereocenters. The molecule has 0 amide bonds. The Morgan fingerprint density at radius 1 is 1.16 bits per heavy atom. The SMILES string of the molecule is c1ccc2cc(OCCN3CCOC(Cn4cncn4)C3)ccc2c1. The fourth-order valence-electron chi connectivity index (χ4n) is 3.18. The quantitative estimate of drug-likeness (QED) is 0.690. The third kappa shape index (κ3) is 4.15. The molecule has 3 aromatic rings. The Balaban J connectivity index is 1.27. The van der Waals surface area contributed by atoms with Crippen LogP contribution in [0.5, 0.6) is 5.75 Å². The predicted molar refractivity (Wildman–Crippen MR) is 95.6 cm³/mol. The number of morpholine rings is 1. The molecule has 2 aromatic carbocycles. The van der Waals surface area contributed by atoms with Gasteiger partial charge in [-0.05, 0) is 22.9 Å². The standard InChI is InChI=1S/C19H22N4O2/c1-2-4-17-11-18(6-5-16(17)3-1)24-9-7-22-8-10-25-19(12-22)13-23-15-20-14-21-23/h1-6,11,14-15,19H,7-10,12-13H2. The highest BCUT2D eigenvalue weighted by molar-refractivity contribution is 5.83. The molecule has 25 heavy (non-hydrogen) atoms. The van der Waals surface area contributed by atoms with Crippen LogP contribution in [0.25, 0.3) is 10.8 Å². The van der Waals surface area contributed by atoms with Crippen LogP contribution in [0.1, 0.15) is 0 Å². The zero-order valence-corrected chi connectivity index (χ0v) is 14.1. The Labute approximate surface area is 147 Å². The molecule has 1 fully saturated rings. The van der Waals surface area contributed by atoms with Gasteiger partial charge in [-0.25, -0.2) is 4.98 Å². The van der Waals surface area contributed by atoms with E-state index < -0.39 is 0 Å². The number of benzene rings is 2. The van der Waals surface area contributed by atoms with Crippen LogP contribution in [0.15, 0.2) is 55.1 Å². The van der Waals surface area contributed by atoms with Crippen LogP contribution in [0, 0.1) is 0 Å². The molecular formula is C19H22N4O2. The molecule has 1 atom stereocenters. The van der Waals surface area contributed by atoms with Gasteiger partial charge in [-0.3, -0.25) is 9.58 Å². The van der Waals surface area contributed by atoms with E-state index in [-0.39, 0.29) is 6.10 Å². The van der Waals surface area contributed by atoms with E-state index in [1.54, 1.807) is 12.7 Å². The molecule has 0 spiro atoms. The topological polar surface area (TPSA) is 52.4 Å². The highest BCUT2D eigenvalue weighted by Crippen LogP contribution is 2.20. The fraction of sp³-hybridized carbons (Fsp3) is 0.368. The third-order valence-electron chi connectivity index (χ3n) is 4.48. The first-order valence-electron chi connectivity index (χ1n) is 8.65. The molecule has 1 aliphatic rings. The number of aromatic nitrogens is 3. The largest absolute Gasteiger partial charge is 0.492 e. The second-order valence-corrected chi connectivity index (χ2v) is 6.27. The van der Waals surface area contributed by atoms with Gasteiger partial charge in [0.25, 0.3) is 0 Å². The van der Waals surface area contributed by atoms with E-state index in [1.165, 1.54) is 10.8 Å². The normalized spacial score (nSPS) is 18.5. The van der Waals surface area contributed by atoms with Crippen molar-refractivity contribution in [3.63, 3.8) is 0 Å². The summed E-state index contributed by atoms with van der Waals surface area (Å²) in [6.07, 6.45) is 3.43. The number of hydrogen-bond acceptors (Lipinski definition) is 5. The smallest absolute Gasteiger partial charge is 0.137 e. The minimum absolute atomic E-state index is 0.149. The maximum Gasteiger partial charge on any atom is 0.137 e. The molecule has 6 heteroatoms. The van der Waals surface area contributed by atoms with Gasteiger partial charge in [-0.2, -0.15) is 5.10 Å². The monoisotopic (exact) mass is 338 g/mol. The van der Waals surface area contributed by atoms with Gasteiger partial charge in [0.05, 0.1) is 19.3 Å². The average Bonchev–Trinajstić information content (AvgIpc) is 3.15. The lowest BCUT2D eigenvalue weighted by atomic mass is 10.1. The summed E-state index contributed by atoms with van der Waals surface area (Å²) in [5.74, 6) is 0.922. The van der Waals surface area contributed by atoms with Crippen molar-refractivity contribution < 1.29 is 9.47 Å². The van der Waals surface area contributed by atoms with Crippen LogP contribution in [-0.4, -0.2) is 58.6 Å². The first kappa shape index (κ1) is 16.1. The highest BCUT2D eigenvalue weighted by atomic mass is 16.5. The summed E-state index contributed by atoms with van der Waals surface area (Å²) < 4.78 is 13.6. The molecule has 130 valence electrons. The van der Waals surface area contributed by atoms with Gasteiger partial charge in [0, 0.05) is 19.6 Å². The summed E-state index contributed by atoms with van der Waals surface area (Å²) in [4.78, 5) is 6.36. The molecule has 2 heterocycles. The lowest BCUT2D eigenvalue weighted by molar-refractivity contribution is -0.0401. The number of nitrogens with zero attached hydrogens (tertiary/aromatic N) is 4. The van der Waals surface area contributed by atoms with E-state index in [0.29, 0.717) is 6.61 Å². The van der Waals surface area contributed by atoms with Crippen molar-refractivity contribution in [2.24, 2.45) is 0 Å². The molecular weight excluding hydrogens is 316 g/mol. The Morgan fingerprint density at radius 2 is 2.08 bits per heavy atom. The summed E-state index contributed by atoms with van der Waals surface area (Å²) >= 11 is 0. The van der Waals surface area contributed by atoms with Crippen LogP contribution in [0.4, 0.5) is 0 Å². The molecule has 0 saturated carbocycles. The zero-order chi connectivity index (χ0) is 16.9. The van der Waals surface area contributed by atoms with Gasteiger partial charge < -0.3 is 9.47 Å². The molecule has 1 saturated heterocycles. The van der Waals surface area contributed by atoms with Crippen molar-refractivity contribution in [3.05, 3.63) is 55.1 Å². The third-order valence-corrected chi connectivity index (χ3v) is 4.48. The first-order chi connectivity index (χ1) is 12.4. The Hall–Kier alpha value is -2.44. The average molecular weight is 338 g/mol. The van der Waals surface area contributed by atoms with E-state index in [9.17, 15) is 0 Å². The van der Waals surface area contributed by atoms with Gasteiger partial charge in [0.15, 0.2) is 0 Å². The molecule has 6 nitrogen and oxygen atoms in total. The van der Waals surface area contributed by atoms with Crippen molar-refractivity contribution in [2.75, 3.05) is 32.8 Å². The molecule has 0 aliphatic carbocycles. The van der Waals surface area contributed by atoms with Gasteiger partial charge in [0.2, 0.25) is 0 Å². The predicted octanol–water partition coefficient (Wildman–Crippen LogP) is 2.21. The number of fused-ring (bicyclic) bond motifs is 1. The lowest BCUT2D eigenvalue weighted by Crippen LogP contribution is -2.45. The molecule has 1 aromatic heterocycles. The lowest BCUT2D eigenvalue weighted by Gasteiger charge is -2.32. The van der Waals surface area contributed by atoms with E-state index in [4.69, 9.17) is 9.47 Å². The second kappa shape index (κ2) is 7.63. The van der Waals surface area contributed by atoms with Crippen LogP contribution in [0.2, 0.25) is 0 Å². The van der Waals surface area contributed by atoms with E-state index in [2.05, 4.69) is 51.4 Å². The number of hydrogen-bond donors (Lipinski definition) is 0. The van der Waals surface area contributed by atoms with Crippen molar-refractivity contribution in [1.29, 1.82) is 0 Å². The van der Waals surface area contributed by atoms with Gasteiger partial charge in [-0.1, -0.05) is 30.3 Å². The molecule has 0 bridgehead atoms. The maximum atomic E-state index is 5.95. The first-order valence-corrected chi connectivity index (χ1v) is 8.65. The van der Waals surface area contributed by atoms with Crippen molar-refractivity contribution in [2.45, 2.75) is 12.6 Å². The Kier molecular flexibility index (Phi) is 4.90. The minimum Gasteiger partial charge on any atom is -0.492 e. The van der Waals surface area contributed by atoms with Crippen LogP contribution < -0.4 is 4.74 Å². The summed E-state index contributed by atoms with van der Waals surface area (Å²) in [6.45, 7) is 4.88. The van der Waals surface area contributed by atoms with Crippen molar-refractivity contribution in [3.8, 4) is 5.75 Å². The zero-order valence-electron chi connectivity index (χ0n) is 14.1. The number of ether oxygens (including phenoxy) is 2. The van der Waals surface area contributed by atoms with Gasteiger partial charge >= 0.3 is 0 Å². The number of rotatable bonds is 6. The summed E-state index contributed by atoms with van der Waals surface area (Å²) in [5.41, 5.74) is 0. The van der Waals surface area contributed by atoms with E-state index in [1.807, 2.05) is 10.7 Å². The summed E-state index contributed by atoms with van der Waals surface area (Å²) in [7, 11) is 0.